The van der Waals surface area contributed by atoms with E-state index in [0.717, 1.165) is 48.6 Å². The maximum atomic E-state index is 5.78. The van der Waals surface area contributed by atoms with Gasteiger partial charge in [-0.05, 0) is 56.2 Å². The highest BCUT2D eigenvalue weighted by atomic mass is 16.5. The Hall–Kier alpha value is -2.01. The molecule has 3 heterocycles. The van der Waals surface area contributed by atoms with Crippen molar-refractivity contribution >= 4 is 5.95 Å². The number of ether oxygens (including phenoxy) is 1. The lowest BCUT2D eigenvalue weighted by molar-refractivity contribution is 0.0633. The second-order valence-electron chi connectivity index (χ2n) is 6.58. The molecule has 1 saturated heterocycles. The van der Waals surface area contributed by atoms with E-state index >= 15 is 0 Å². The van der Waals surface area contributed by atoms with Gasteiger partial charge in [0.25, 0.3) is 0 Å². The maximum Gasteiger partial charge on any atom is 0.223 e. The first-order valence-corrected chi connectivity index (χ1v) is 8.42. The summed E-state index contributed by atoms with van der Waals surface area (Å²) in [5.74, 6) is 1.42. The Morgan fingerprint density at radius 1 is 1.22 bits per heavy atom. The summed E-state index contributed by atoms with van der Waals surface area (Å²) in [4.78, 5) is 13.4. The van der Waals surface area contributed by atoms with Crippen LogP contribution in [0, 0.1) is 12.8 Å². The van der Waals surface area contributed by atoms with E-state index in [1.54, 1.807) is 6.20 Å². The molecular formula is C18H22N4O. The molecule has 2 aliphatic rings. The fourth-order valence-corrected chi connectivity index (χ4v) is 3.75. The maximum absolute atomic E-state index is 5.78. The van der Waals surface area contributed by atoms with Crippen molar-refractivity contribution < 1.29 is 4.74 Å². The van der Waals surface area contributed by atoms with Gasteiger partial charge in [0.05, 0.1) is 11.8 Å². The molecule has 1 aliphatic heterocycles. The summed E-state index contributed by atoms with van der Waals surface area (Å²) < 4.78 is 5.78. The number of anilines is 1. The smallest absolute Gasteiger partial charge is 0.223 e. The molecule has 1 saturated carbocycles. The van der Waals surface area contributed by atoms with Gasteiger partial charge in [-0.25, -0.2) is 9.97 Å². The van der Waals surface area contributed by atoms with E-state index in [1.807, 2.05) is 31.5 Å². The van der Waals surface area contributed by atoms with Crippen LogP contribution in [0.15, 0.2) is 30.7 Å². The fraction of sp³-hybridized carbons (Fsp3) is 0.500. The Kier molecular flexibility index (Phi) is 3.95. The molecule has 1 aliphatic carbocycles. The standard InChI is InChI=1S/C18H22N4O/c1-12-10-20-18(22-17(12)14-3-2-7-19-11-14)21-15-4-5-16-13(9-15)6-8-23-16/h2-3,7,10-11,13,15-16H,4-6,8-9H2,1H3,(H,20,21,22). The Balaban J connectivity index is 1.51. The van der Waals surface area contributed by atoms with Gasteiger partial charge in [-0.3, -0.25) is 4.98 Å². The number of hydrogen-bond donors (Lipinski definition) is 1. The predicted molar refractivity (Wildman–Crippen MR) is 89.1 cm³/mol. The van der Waals surface area contributed by atoms with Gasteiger partial charge in [-0.2, -0.15) is 0 Å². The van der Waals surface area contributed by atoms with Gasteiger partial charge >= 0.3 is 0 Å². The van der Waals surface area contributed by atoms with Crippen molar-refractivity contribution in [3.63, 3.8) is 0 Å². The molecule has 5 heteroatoms. The van der Waals surface area contributed by atoms with Crippen molar-refractivity contribution in [2.75, 3.05) is 11.9 Å². The van der Waals surface area contributed by atoms with Crippen molar-refractivity contribution in [1.82, 2.24) is 15.0 Å². The van der Waals surface area contributed by atoms with E-state index in [2.05, 4.69) is 15.3 Å². The second kappa shape index (κ2) is 6.24. The molecule has 23 heavy (non-hydrogen) atoms. The van der Waals surface area contributed by atoms with Crippen LogP contribution in [0.3, 0.4) is 0 Å². The Morgan fingerprint density at radius 3 is 3.04 bits per heavy atom. The summed E-state index contributed by atoms with van der Waals surface area (Å²) in [6.45, 7) is 2.96. The third kappa shape index (κ3) is 3.06. The van der Waals surface area contributed by atoms with Crippen molar-refractivity contribution in [3.05, 3.63) is 36.3 Å². The van der Waals surface area contributed by atoms with Gasteiger partial charge in [0.1, 0.15) is 0 Å². The van der Waals surface area contributed by atoms with Crippen LogP contribution in [0.5, 0.6) is 0 Å². The number of fused-ring (bicyclic) bond motifs is 1. The molecule has 2 aromatic heterocycles. The number of hydrogen-bond acceptors (Lipinski definition) is 5. The van der Waals surface area contributed by atoms with Gasteiger partial charge in [0, 0.05) is 36.8 Å². The Labute approximate surface area is 136 Å². The fourth-order valence-electron chi connectivity index (χ4n) is 3.75. The van der Waals surface area contributed by atoms with Crippen LogP contribution in [0.25, 0.3) is 11.3 Å². The molecule has 5 nitrogen and oxygen atoms in total. The third-order valence-electron chi connectivity index (χ3n) is 4.97. The molecule has 0 bridgehead atoms. The normalized spacial score (nSPS) is 26.7. The molecule has 3 unspecified atom stereocenters. The Bertz CT molecular complexity index is 676. The van der Waals surface area contributed by atoms with Crippen molar-refractivity contribution in [1.29, 1.82) is 0 Å². The van der Waals surface area contributed by atoms with Crippen LogP contribution >= 0.6 is 0 Å². The summed E-state index contributed by atoms with van der Waals surface area (Å²) >= 11 is 0. The summed E-state index contributed by atoms with van der Waals surface area (Å²) in [5, 5.41) is 3.53. The van der Waals surface area contributed by atoms with Gasteiger partial charge in [-0.1, -0.05) is 0 Å². The number of nitrogens with zero attached hydrogens (tertiary/aromatic N) is 3. The minimum atomic E-state index is 0.447. The van der Waals surface area contributed by atoms with Gasteiger partial charge in [-0.15, -0.1) is 0 Å². The lowest BCUT2D eigenvalue weighted by Gasteiger charge is -2.31. The molecular weight excluding hydrogens is 288 g/mol. The highest BCUT2D eigenvalue weighted by Gasteiger charge is 2.34. The minimum absolute atomic E-state index is 0.447. The summed E-state index contributed by atoms with van der Waals surface area (Å²) in [5.41, 5.74) is 3.05. The largest absolute Gasteiger partial charge is 0.378 e. The lowest BCUT2D eigenvalue weighted by atomic mass is 9.83. The predicted octanol–water partition coefficient (Wildman–Crippen LogP) is 3.22. The van der Waals surface area contributed by atoms with Crippen LogP contribution in [-0.2, 0) is 4.74 Å². The number of nitrogens with one attached hydrogen (secondary N) is 1. The van der Waals surface area contributed by atoms with Crippen molar-refractivity contribution in [2.45, 2.75) is 44.8 Å². The summed E-state index contributed by atoms with van der Waals surface area (Å²) in [6, 6.07) is 4.42. The molecule has 0 spiro atoms. The Morgan fingerprint density at radius 2 is 2.17 bits per heavy atom. The first kappa shape index (κ1) is 14.6. The monoisotopic (exact) mass is 310 g/mol. The first-order chi connectivity index (χ1) is 11.3. The number of rotatable bonds is 3. The third-order valence-corrected chi connectivity index (χ3v) is 4.97. The quantitative estimate of drug-likeness (QED) is 0.943. The van der Waals surface area contributed by atoms with E-state index < -0.39 is 0 Å². The van der Waals surface area contributed by atoms with Crippen LogP contribution < -0.4 is 5.32 Å². The lowest BCUT2D eigenvalue weighted by Crippen LogP contribution is -2.34. The van der Waals surface area contributed by atoms with Gasteiger partial charge in [0.2, 0.25) is 5.95 Å². The summed E-state index contributed by atoms with van der Waals surface area (Å²) in [6.07, 6.45) is 10.6. The zero-order chi connectivity index (χ0) is 15.6. The highest BCUT2D eigenvalue weighted by molar-refractivity contribution is 5.62. The molecule has 2 fully saturated rings. The zero-order valence-corrected chi connectivity index (χ0v) is 13.4. The number of aromatic nitrogens is 3. The number of aryl methyl sites for hydroxylation is 1. The molecule has 0 aromatic carbocycles. The molecule has 120 valence electrons. The topological polar surface area (TPSA) is 59.9 Å². The van der Waals surface area contributed by atoms with E-state index in [4.69, 9.17) is 9.72 Å². The van der Waals surface area contributed by atoms with E-state index in [0.29, 0.717) is 18.1 Å². The molecule has 0 radical (unpaired) electrons. The summed E-state index contributed by atoms with van der Waals surface area (Å²) in [7, 11) is 0. The van der Waals surface area contributed by atoms with E-state index in [9.17, 15) is 0 Å². The van der Waals surface area contributed by atoms with Crippen LogP contribution in [0.4, 0.5) is 5.95 Å². The van der Waals surface area contributed by atoms with Gasteiger partial charge < -0.3 is 10.1 Å². The molecule has 2 aromatic rings. The van der Waals surface area contributed by atoms with Crippen LogP contribution in [-0.4, -0.2) is 33.7 Å². The van der Waals surface area contributed by atoms with Gasteiger partial charge in [0.15, 0.2) is 0 Å². The zero-order valence-electron chi connectivity index (χ0n) is 13.4. The minimum Gasteiger partial charge on any atom is -0.378 e. The van der Waals surface area contributed by atoms with Crippen molar-refractivity contribution in [2.24, 2.45) is 5.92 Å². The van der Waals surface area contributed by atoms with E-state index in [1.165, 1.54) is 6.42 Å². The second-order valence-corrected chi connectivity index (χ2v) is 6.58. The first-order valence-electron chi connectivity index (χ1n) is 8.42. The highest BCUT2D eigenvalue weighted by Crippen LogP contribution is 2.35. The molecule has 0 amide bonds. The van der Waals surface area contributed by atoms with E-state index in [-0.39, 0.29) is 0 Å². The van der Waals surface area contributed by atoms with Crippen molar-refractivity contribution in [3.8, 4) is 11.3 Å². The number of pyridine rings is 1. The molecule has 1 N–H and O–H groups in total. The molecule has 4 rings (SSSR count). The SMILES string of the molecule is Cc1cnc(NC2CCC3OCCC3C2)nc1-c1cccnc1. The van der Waals surface area contributed by atoms with Crippen LogP contribution in [0.2, 0.25) is 0 Å². The average Bonchev–Trinajstić information content (AvgIpc) is 3.05. The molecule has 3 atom stereocenters. The average molecular weight is 310 g/mol. The van der Waals surface area contributed by atoms with Crippen LogP contribution in [0.1, 0.15) is 31.2 Å².